The minimum Gasteiger partial charge on any atom is -0.490 e. The van der Waals surface area contributed by atoms with Gasteiger partial charge in [-0.15, -0.1) is 0 Å². The molecule has 0 atom stereocenters. The fraction of sp³-hybridized carbons (Fsp3) is 0.455. The molecule has 0 bridgehead atoms. The van der Waals surface area contributed by atoms with E-state index in [4.69, 9.17) is 27.9 Å². The number of halogens is 2. The van der Waals surface area contributed by atoms with E-state index in [0.29, 0.717) is 22.4 Å². The average Bonchev–Trinajstić information content (AvgIpc) is 2.16. The van der Waals surface area contributed by atoms with Crippen LogP contribution >= 0.6 is 23.2 Å². The van der Waals surface area contributed by atoms with Gasteiger partial charge in [0.25, 0.3) is 0 Å². The smallest absolute Gasteiger partial charge is 0.138 e. The fourth-order valence-corrected chi connectivity index (χ4v) is 1.39. The summed E-state index contributed by atoms with van der Waals surface area (Å²) in [5.74, 6) is 0.657. The third kappa shape index (κ3) is 3.90. The Kier molecular flexibility index (Phi) is 4.26. The first-order valence-corrected chi connectivity index (χ1v) is 5.47. The highest BCUT2D eigenvalue weighted by atomic mass is 35.5. The molecule has 4 heteroatoms. The molecule has 84 valence electrons. The Morgan fingerprint density at radius 1 is 1.33 bits per heavy atom. The topological polar surface area (TPSA) is 21.3 Å². The summed E-state index contributed by atoms with van der Waals surface area (Å²) in [6.07, 6.45) is 0. The molecule has 0 amide bonds. The summed E-state index contributed by atoms with van der Waals surface area (Å²) >= 11 is 11.8. The molecule has 1 N–H and O–H groups in total. The van der Waals surface area contributed by atoms with E-state index in [1.54, 1.807) is 18.2 Å². The molecule has 0 aliphatic rings. The van der Waals surface area contributed by atoms with Crippen LogP contribution in [0.2, 0.25) is 10.0 Å². The van der Waals surface area contributed by atoms with Crippen molar-refractivity contribution in [3.05, 3.63) is 28.2 Å². The Balaban J connectivity index is 2.66. The number of hydrogen-bond donors (Lipinski definition) is 1. The van der Waals surface area contributed by atoms with E-state index in [9.17, 15) is 0 Å². The molecule has 0 radical (unpaired) electrons. The zero-order valence-corrected chi connectivity index (χ0v) is 10.6. The minimum absolute atomic E-state index is 0.0804. The van der Waals surface area contributed by atoms with Gasteiger partial charge in [0.1, 0.15) is 12.4 Å². The lowest BCUT2D eigenvalue weighted by Gasteiger charge is -2.24. The van der Waals surface area contributed by atoms with Gasteiger partial charge in [-0.1, -0.05) is 23.2 Å². The van der Waals surface area contributed by atoms with Crippen LogP contribution in [0, 0.1) is 0 Å². The summed E-state index contributed by atoms with van der Waals surface area (Å²) in [5, 5.41) is 4.30. The molecule has 1 aromatic rings. The number of rotatable bonds is 4. The molecule has 2 nitrogen and oxygen atoms in total. The highest BCUT2D eigenvalue weighted by Gasteiger charge is 2.16. The van der Waals surface area contributed by atoms with Crippen LogP contribution in [0.5, 0.6) is 5.75 Å². The van der Waals surface area contributed by atoms with Gasteiger partial charge >= 0.3 is 0 Å². The van der Waals surface area contributed by atoms with Crippen molar-refractivity contribution in [3.8, 4) is 5.75 Å². The Hall–Kier alpha value is -0.440. The molecular weight excluding hydrogens is 233 g/mol. The van der Waals surface area contributed by atoms with Gasteiger partial charge in [0.2, 0.25) is 0 Å². The lowest BCUT2D eigenvalue weighted by atomic mass is 10.1. The molecule has 0 aliphatic carbocycles. The van der Waals surface area contributed by atoms with Crippen LogP contribution in [0.4, 0.5) is 0 Å². The molecule has 0 fully saturated rings. The monoisotopic (exact) mass is 247 g/mol. The van der Waals surface area contributed by atoms with Crippen LogP contribution < -0.4 is 10.1 Å². The molecule has 0 aromatic heterocycles. The maximum atomic E-state index is 5.97. The molecule has 1 rings (SSSR count). The van der Waals surface area contributed by atoms with Gasteiger partial charge < -0.3 is 10.1 Å². The van der Waals surface area contributed by atoms with Gasteiger partial charge in [-0.2, -0.15) is 0 Å². The summed E-state index contributed by atoms with van der Waals surface area (Å²) < 4.78 is 5.59. The van der Waals surface area contributed by atoms with Crippen molar-refractivity contribution < 1.29 is 4.74 Å². The average molecular weight is 248 g/mol. The van der Waals surface area contributed by atoms with Crippen molar-refractivity contribution in [1.82, 2.24) is 5.32 Å². The molecule has 0 saturated carbocycles. The van der Waals surface area contributed by atoms with Crippen LogP contribution in [0.15, 0.2) is 18.2 Å². The molecule has 0 heterocycles. The number of hydrogen-bond acceptors (Lipinski definition) is 2. The summed E-state index contributed by atoms with van der Waals surface area (Å²) in [6.45, 7) is 4.65. The Bertz CT molecular complexity index is 339. The number of nitrogens with one attached hydrogen (secondary N) is 1. The lowest BCUT2D eigenvalue weighted by molar-refractivity contribution is 0.217. The normalized spacial score (nSPS) is 11.5. The maximum absolute atomic E-state index is 5.97. The van der Waals surface area contributed by atoms with E-state index in [1.807, 2.05) is 7.05 Å². The quantitative estimate of drug-likeness (QED) is 0.882. The van der Waals surface area contributed by atoms with E-state index >= 15 is 0 Å². The van der Waals surface area contributed by atoms with Crippen molar-refractivity contribution in [3.63, 3.8) is 0 Å². The van der Waals surface area contributed by atoms with Crippen molar-refractivity contribution >= 4 is 23.2 Å². The molecular formula is C11H15Cl2NO. The molecule has 0 saturated heterocycles. The third-order valence-electron chi connectivity index (χ3n) is 2.16. The summed E-state index contributed by atoms with van der Waals surface area (Å²) in [7, 11) is 1.90. The predicted molar refractivity (Wildman–Crippen MR) is 65.1 cm³/mol. The first kappa shape index (κ1) is 12.6. The van der Waals surface area contributed by atoms with E-state index in [-0.39, 0.29) is 5.54 Å². The van der Waals surface area contributed by atoms with Gasteiger partial charge in [0.15, 0.2) is 0 Å². The Morgan fingerprint density at radius 2 is 2.00 bits per heavy atom. The highest BCUT2D eigenvalue weighted by molar-refractivity contribution is 6.35. The largest absolute Gasteiger partial charge is 0.490 e. The van der Waals surface area contributed by atoms with Gasteiger partial charge in [-0.3, -0.25) is 0 Å². The van der Waals surface area contributed by atoms with Crippen LogP contribution in [-0.4, -0.2) is 19.2 Å². The molecule has 0 spiro atoms. The van der Waals surface area contributed by atoms with Gasteiger partial charge in [-0.05, 0) is 39.1 Å². The van der Waals surface area contributed by atoms with Crippen molar-refractivity contribution in [2.45, 2.75) is 19.4 Å². The maximum Gasteiger partial charge on any atom is 0.138 e. The number of likely N-dealkylation sites (N-methyl/N-ethyl adjacent to an activating group) is 1. The van der Waals surface area contributed by atoms with Gasteiger partial charge in [0.05, 0.1) is 5.02 Å². The van der Waals surface area contributed by atoms with E-state index in [0.717, 1.165) is 0 Å². The van der Waals surface area contributed by atoms with Crippen LogP contribution in [0.25, 0.3) is 0 Å². The summed E-state index contributed by atoms with van der Waals surface area (Å²) in [5.41, 5.74) is -0.0804. The molecule has 1 aromatic carbocycles. The predicted octanol–water partition coefficient (Wildman–Crippen LogP) is 3.37. The van der Waals surface area contributed by atoms with Crippen LogP contribution in [0.1, 0.15) is 13.8 Å². The zero-order valence-electron chi connectivity index (χ0n) is 9.10. The first-order chi connectivity index (χ1) is 6.94. The standard InChI is InChI=1S/C11H15Cl2NO/c1-11(2,14-3)7-15-10-5-4-8(12)6-9(10)13/h4-6,14H,7H2,1-3H3. The molecule has 15 heavy (non-hydrogen) atoms. The van der Waals surface area contributed by atoms with Crippen molar-refractivity contribution in [1.29, 1.82) is 0 Å². The number of ether oxygens (including phenoxy) is 1. The summed E-state index contributed by atoms with van der Waals surface area (Å²) in [6, 6.07) is 5.20. The van der Waals surface area contributed by atoms with E-state index in [1.165, 1.54) is 0 Å². The third-order valence-corrected chi connectivity index (χ3v) is 2.69. The molecule has 0 aliphatic heterocycles. The lowest BCUT2D eigenvalue weighted by Crippen LogP contribution is -2.42. The second kappa shape index (κ2) is 5.06. The SMILES string of the molecule is CNC(C)(C)COc1ccc(Cl)cc1Cl. The van der Waals surface area contributed by atoms with Gasteiger partial charge in [-0.25, -0.2) is 0 Å². The van der Waals surface area contributed by atoms with Crippen molar-refractivity contribution in [2.75, 3.05) is 13.7 Å². The van der Waals surface area contributed by atoms with E-state index in [2.05, 4.69) is 19.2 Å². The minimum atomic E-state index is -0.0804. The second-order valence-electron chi connectivity index (χ2n) is 4.00. The number of benzene rings is 1. The second-order valence-corrected chi connectivity index (χ2v) is 4.84. The van der Waals surface area contributed by atoms with Gasteiger partial charge in [0, 0.05) is 10.6 Å². The fourth-order valence-electron chi connectivity index (χ4n) is 0.923. The Labute approximate surface area is 101 Å². The highest BCUT2D eigenvalue weighted by Crippen LogP contribution is 2.27. The van der Waals surface area contributed by atoms with E-state index < -0.39 is 0 Å². The molecule has 0 unspecified atom stereocenters. The van der Waals surface area contributed by atoms with Crippen LogP contribution in [0.3, 0.4) is 0 Å². The first-order valence-electron chi connectivity index (χ1n) is 4.71. The Morgan fingerprint density at radius 3 is 2.53 bits per heavy atom. The zero-order chi connectivity index (χ0) is 11.5. The van der Waals surface area contributed by atoms with Crippen LogP contribution in [-0.2, 0) is 0 Å². The van der Waals surface area contributed by atoms with Crippen molar-refractivity contribution in [2.24, 2.45) is 0 Å². The summed E-state index contributed by atoms with van der Waals surface area (Å²) in [4.78, 5) is 0.